The molecule has 4 nitrogen and oxygen atoms in total. The van der Waals surface area contributed by atoms with Crippen LogP contribution in [0.15, 0.2) is 29.3 Å². The zero-order valence-electron chi connectivity index (χ0n) is 15.5. The van der Waals surface area contributed by atoms with Gasteiger partial charge in [0.25, 0.3) is 11.7 Å². The highest BCUT2D eigenvalue weighted by atomic mass is 32.2. The fraction of sp³-hybridized carbons (Fsp3) is 0.231. The van der Waals surface area contributed by atoms with Gasteiger partial charge in [-0.05, 0) is 24.5 Å². The molecule has 0 spiro atoms. The minimum Gasteiger partial charge on any atom is -0.360 e. The lowest BCUT2D eigenvalue weighted by atomic mass is 10.1. The third-order valence-electron chi connectivity index (χ3n) is 2.53. The summed E-state index contributed by atoms with van der Waals surface area (Å²) < 4.78 is 43.4. The molecule has 2 aromatic rings. The lowest BCUT2D eigenvalue weighted by molar-refractivity contribution is -0.124. The summed E-state index contributed by atoms with van der Waals surface area (Å²) in [7, 11) is 0. The lowest BCUT2D eigenvalue weighted by Crippen LogP contribution is -2.29. The second kappa shape index (κ2) is 4.86. The van der Waals surface area contributed by atoms with E-state index in [1.807, 2.05) is 12.3 Å². The van der Waals surface area contributed by atoms with Crippen molar-refractivity contribution in [2.45, 2.75) is 4.90 Å². The summed E-state index contributed by atoms with van der Waals surface area (Å²) in [4.78, 5) is 28.0. The van der Waals surface area contributed by atoms with Crippen LogP contribution in [-0.4, -0.2) is 41.8 Å². The highest BCUT2D eigenvalue weighted by molar-refractivity contribution is 7.98. The van der Waals surface area contributed by atoms with E-state index in [-0.39, 0.29) is 10.5 Å². The molecule has 0 atom stereocenters. The molecule has 0 fully saturated rings. The van der Waals surface area contributed by atoms with Gasteiger partial charge in [0.2, 0.25) is 0 Å². The first-order valence-corrected chi connectivity index (χ1v) is 6.23. The number of thioether (sulfide) groups is 1. The maximum atomic E-state index is 12.4. The van der Waals surface area contributed by atoms with Gasteiger partial charge in [-0.3, -0.25) is 9.59 Å². The van der Waals surface area contributed by atoms with Crippen molar-refractivity contribution in [2.24, 2.45) is 0 Å². The Morgan fingerprint density at radius 1 is 1.39 bits per heavy atom. The first-order valence-electron chi connectivity index (χ1n) is 8.01. The Morgan fingerprint density at radius 2 is 2.17 bits per heavy atom. The van der Waals surface area contributed by atoms with Gasteiger partial charge in [-0.1, -0.05) is 0 Å². The number of hydrogen-bond donors (Lipinski definition) is 1. The Kier molecular flexibility index (Phi) is 1.89. The number of benzene rings is 1. The summed E-state index contributed by atoms with van der Waals surface area (Å²) in [5.41, 5.74) is 0.516. The molecule has 0 saturated carbocycles. The molecular weight excluding hydrogens is 248 g/mol. The number of rotatable bonds is 3. The molecule has 18 heavy (non-hydrogen) atoms. The number of Topliss-reactive ketones (excluding diaryl/α,β-unsaturated/α-hetero) is 1. The van der Waals surface area contributed by atoms with Gasteiger partial charge < -0.3 is 9.88 Å². The Balaban J connectivity index is 2.49. The molecule has 1 aromatic carbocycles. The zero-order chi connectivity index (χ0) is 18.3. The maximum absolute atomic E-state index is 12.4. The van der Waals surface area contributed by atoms with E-state index in [1.165, 1.54) is 18.0 Å². The van der Waals surface area contributed by atoms with Crippen LogP contribution in [0.4, 0.5) is 0 Å². The largest absolute Gasteiger partial charge is 0.360 e. The molecule has 2 rings (SSSR count). The molecule has 1 heterocycles. The van der Waals surface area contributed by atoms with Gasteiger partial charge in [-0.2, -0.15) is 0 Å². The van der Waals surface area contributed by atoms with Crippen LogP contribution < -0.4 is 0 Å². The predicted molar refractivity (Wildman–Crippen MR) is 73.1 cm³/mol. The van der Waals surface area contributed by atoms with Crippen LogP contribution in [0.3, 0.4) is 0 Å². The van der Waals surface area contributed by atoms with E-state index in [1.54, 1.807) is 12.1 Å². The highest BCUT2D eigenvalue weighted by Gasteiger charge is 2.21. The molecule has 1 amide bonds. The molecular formula is C13H14N2O2S. The van der Waals surface area contributed by atoms with E-state index in [0.29, 0.717) is 10.9 Å². The third-order valence-corrected chi connectivity index (χ3v) is 3.26. The van der Waals surface area contributed by atoms with Gasteiger partial charge in [0.05, 0.1) is 5.56 Å². The summed E-state index contributed by atoms with van der Waals surface area (Å²) >= 11 is 1.43. The number of aromatic nitrogens is 1. The van der Waals surface area contributed by atoms with Crippen molar-refractivity contribution >= 4 is 34.4 Å². The minimum absolute atomic E-state index is 0.0654. The number of aromatic amines is 1. The molecule has 0 aliphatic carbocycles. The van der Waals surface area contributed by atoms with Crippen LogP contribution in [0, 0.1) is 0 Å². The minimum atomic E-state index is -3.26. The average Bonchev–Trinajstić information content (AvgIpc) is 2.85. The maximum Gasteiger partial charge on any atom is 0.294 e. The van der Waals surface area contributed by atoms with Crippen LogP contribution in [-0.2, 0) is 4.79 Å². The van der Waals surface area contributed by atoms with Gasteiger partial charge in [-0.25, -0.2) is 0 Å². The number of carbonyl (C=O) groups is 2. The number of ketones is 1. The summed E-state index contributed by atoms with van der Waals surface area (Å²) in [5.74, 6) is -2.78. The van der Waals surface area contributed by atoms with Crippen molar-refractivity contribution < 1.29 is 17.8 Å². The van der Waals surface area contributed by atoms with Crippen LogP contribution in [0.5, 0.6) is 0 Å². The summed E-state index contributed by atoms with van der Waals surface area (Å²) in [6.45, 7) is -6.51. The highest BCUT2D eigenvalue weighted by Crippen LogP contribution is 2.24. The molecule has 0 aliphatic heterocycles. The van der Waals surface area contributed by atoms with Crippen LogP contribution >= 0.6 is 11.8 Å². The number of nitrogens with zero attached hydrogens (tertiary/aromatic N) is 1. The Hall–Kier alpha value is -1.75. The molecule has 94 valence electrons. The van der Waals surface area contributed by atoms with Crippen molar-refractivity contribution in [1.82, 2.24) is 9.88 Å². The summed E-state index contributed by atoms with van der Waals surface area (Å²) in [5, 5.41) is 0.427. The van der Waals surface area contributed by atoms with Gasteiger partial charge in [-0.15, -0.1) is 11.8 Å². The smallest absolute Gasteiger partial charge is 0.294 e. The number of nitrogens with one attached hydrogen (secondary N) is 1. The molecule has 0 aliphatic rings. The summed E-state index contributed by atoms with van der Waals surface area (Å²) in [6.07, 6.45) is 3.11. The van der Waals surface area contributed by atoms with Crippen molar-refractivity contribution in [2.75, 3.05) is 20.2 Å². The third kappa shape index (κ3) is 2.13. The number of H-pyrrole nitrogens is 1. The number of hydrogen-bond acceptors (Lipinski definition) is 3. The van der Waals surface area contributed by atoms with Crippen molar-refractivity contribution in [1.29, 1.82) is 0 Å². The van der Waals surface area contributed by atoms with Gasteiger partial charge in [0.1, 0.15) is 0 Å². The molecule has 5 heteroatoms. The van der Waals surface area contributed by atoms with E-state index in [0.717, 1.165) is 4.90 Å². The van der Waals surface area contributed by atoms with Gasteiger partial charge in [0.15, 0.2) is 0 Å². The van der Waals surface area contributed by atoms with E-state index in [9.17, 15) is 9.59 Å². The summed E-state index contributed by atoms with van der Waals surface area (Å²) in [6, 6.07) is 5.20. The molecule has 0 saturated heterocycles. The van der Waals surface area contributed by atoms with Crippen LogP contribution in [0.25, 0.3) is 10.9 Å². The quantitative estimate of drug-likeness (QED) is 0.527. The molecule has 0 bridgehead atoms. The van der Waals surface area contributed by atoms with Crippen molar-refractivity contribution in [3.63, 3.8) is 0 Å². The second-order valence-electron chi connectivity index (χ2n) is 3.58. The standard InChI is InChI=1S/C13H14N2O2S/c1-15(2)13(17)12(16)10-7-14-11-5-4-8(18-3)6-9(10)11/h4-7,14H,1-3H3/i1D3,2D3. The second-order valence-corrected chi connectivity index (χ2v) is 4.46. The molecule has 1 N–H and O–H groups in total. The SMILES string of the molecule is [2H]C([2H])([2H])N(C(=O)C(=O)c1c[nH]c2ccc(SC)cc12)C([2H])([2H])[2H]. The van der Waals surface area contributed by atoms with E-state index >= 15 is 0 Å². The van der Waals surface area contributed by atoms with Gasteiger partial charge in [0, 0.05) is 44.2 Å². The van der Waals surface area contributed by atoms with Gasteiger partial charge >= 0.3 is 0 Å². The first-order chi connectivity index (χ1) is 11.0. The Bertz CT molecular complexity index is 782. The molecule has 0 unspecified atom stereocenters. The topological polar surface area (TPSA) is 53.2 Å². The lowest BCUT2D eigenvalue weighted by Gasteiger charge is -2.08. The fourth-order valence-electron chi connectivity index (χ4n) is 1.63. The van der Waals surface area contributed by atoms with E-state index in [4.69, 9.17) is 8.22 Å². The number of carbonyl (C=O) groups excluding carboxylic acids is 2. The van der Waals surface area contributed by atoms with Crippen LogP contribution in [0.2, 0.25) is 0 Å². The van der Waals surface area contributed by atoms with E-state index < -0.39 is 25.6 Å². The number of fused-ring (bicyclic) bond motifs is 1. The zero-order valence-corrected chi connectivity index (χ0v) is 10.3. The van der Waals surface area contributed by atoms with Crippen molar-refractivity contribution in [3.8, 4) is 0 Å². The molecule has 0 radical (unpaired) electrons. The Labute approximate surface area is 118 Å². The fourth-order valence-corrected chi connectivity index (χ4v) is 2.07. The van der Waals surface area contributed by atoms with Crippen LogP contribution in [0.1, 0.15) is 18.6 Å². The Morgan fingerprint density at radius 3 is 2.83 bits per heavy atom. The number of amides is 1. The monoisotopic (exact) mass is 268 g/mol. The molecule has 1 aromatic heterocycles. The van der Waals surface area contributed by atoms with Crippen molar-refractivity contribution in [3.05, 3.63) is 30.0 Å². The predicted octanol–water partition coefficient (Wildman–Crippen LogP) is 2.16. The first kappa shape index (κ1) is 6.99. The number of likely N-dealkylation sites (N-methyl/N-ethyl adjacent to an activating group) is 1. The normalized spacial score (nSPS) is 16.9. The van der Waals surface area contributed by atoms with E-state index in [2.05, 4.69) is 4.98 Å². The average molecular weight is 268 g/mol.